The van der Waals surface area contributed by atoms with Crippen molar-refractivity contribution >= 4 is 38.9 Å². The Morgan fingerprint density at radius 1 is 1.20 bits per heavy atom. The maximum atomic E-state index is 13.3. The normalized spacial score (nSPS) is 14.8. The van der Waals surface area contributed by atoms with E-state index in [0.717, 1.165) is 48.1 Å². The van der Waals surface area contributed by atoms with Gasteiger partial charge in [0.05, 0.1) is 4.53 Å². The second-order valence-electron chi connectivity index (χ2n) is 8.22. The van der Waals surface area contributed by atoms with Gasteiger partial charge in [-0.2, -0.15) is 5.26 Å². The second-order valence-corrected chi connectivity index (χ2v) is 10.2. The highest BCUT2D eigenvalue weighted by Gasteiger charge is 2.20. The van der Waals surface area contributed by atoms with Crippen molar-refractivity contribution in [3.05, 3.63) is 90.5 Å². The first kappa shape index (κ1) is 23.3. The van der Waals surface area contributed by atoms with Gasteiger partial charge in [-0.05, 0) is 37.1 Å². The van der Waals surface area contributed by atoms with E-state index in [2.05, 4.69) is 38.8 Å². The van der Waals surface area contributed by atoms with Crippen LogP contribution in [0, 0.1) is 11.3 Å². The molecule has 1 aliphatic heterocycles. The van der Waals surface area contributed by atoms with Gasteiger partial charge in [0.15, 0.2) is 5.82 Å². The largest absolute Gasteiger partial charge is 0.457 e. The van der Waals surface area contributed by atoms with Crippen LogP contribution in [-0.4, -0.2) is 19.3 Å². The molecular weight excluding hydrogens is 526 g/mol. The molecule has 0 amide bonds. The number of allylic oxidation sites excluding steroid dienone is 1. The standard InChI is InChI=1S/C26H22BrN5O2S/c1-2-13-32-25(33)22(15-19-11-12-21(34-19)17-7-9-18(27)10-8-17)35-26(32)20(16-28)24-30-29-23-6-4-3-5-14-31(23)24/h2,7-12,15H,1,3-6,13-14H2/b22-15-,26-20+. The SMILES string of the molecule is C=CCn1c(=O)/c(=C/c2ccc(-c3ccc(Br)cc3)o2)s/c1=C(\C#N)c1nnc2n1CCCCC2. The molecule has 5 rings (SSSR count). The average Bonchev–Trinajstić information content (AvgIpc) is 3.51. The molecule has 35 heavy (non-hydrogen) atoms. The van der Waals surface area contributed by atoms with Crippen LogP contribution >= 0.6 is 27.3 Å². The molecule has 3 aromatic heterocycles. The lowest BCUT2D eigenvalue weighted by Crippen LogP contribution is -2.32. The minimum absolute atomic E-state index is 0.199. The van der Waals surface area contributed by atoms with Gasteiger partial charge in [0.2, 0.25) is 0 Å². The molecule has 7 nitrogen and oxygen atoms in total. The summed E-state index contributed by atoms with van der Waals surface area (Å²) in [5.74, 6) is 2.68. The molecular formula is C26H22BrN5O2S. The molecule has 1 aliphatic rings. The number of nitriles is 1. The van der Waals surface area contributed by atoms with Gasteiger partial charge in [-0.1, -0.05) is 40.6 Å². The Balaban J connectivity index is 1.65. The summed E-state index contributed by atoms with van der Waals surface area (Å²) in [7, 11) is 0. The van der Waals surface area contributed by atoms with Gasteiger partial charge in [-0.25, -0.2) is 0 Å². The molecule has 4 heterocycles. The molecule has 0 atom stereocenters. The summed E-state index contributed by atoms with van der Waals surface area (Å²) < 4.78 is 11.6. The average molecular weight is 548 g/mol. The Kier molecular flexibility index (Phi) is 6.66. The van der Waals surface area contributed by atoms with Crippen LogP contribution in [0.5, 0.6) is 0 Å². The minimum atomic E-state index is -0.199. The number of benzene rings is 1. The van der Waals surface area contributed by atoms with Crippen LogP contribution < -0.4 is 14.8 Å². The Hall–Kier alpha value is -3.48. The van der Waals surface area contributed by atoms with Gasteiger partial charge in [0.25, 0.3) is 5.56 Å². The molecule has 0 saturated carbocycles. The van der Waals surface area contributed by atoms with Crippen LogP contribution in [0.25, 0.3) is 23.0 Å². The van der Waals surface area contributed by atoms with Gasteiger partial charge in [-0.3, -0.25) is 9.36 Å². The number of thiazole rings is 1. The number of furan rings is 1. The lowest BCUT2D eigenvalue weighted by atomic mass is 10.2. The molecule has 0 fully saturated rings. The van der Waals surface area contributed by atoms with Crippen LogP contribution in [-0.2, 0) is 19.5 Å². The van der Waals surface area contributed by atoms with Crippen molar-refractivity contribution in [3.8, 4) is 17.4 Å². The van der Waals surface area contributed by atoms with Crippen molar-refractivity contribution < 1.29 is 4.42 Å². The van der Waals surface area contributed by atoms with Crippen molar-refractivity contribution in [1.29, 1.82) is 5.26 Å². The number of aryl methyl sites for hydroxylation is 1. The Bertz CT molecular complexity index is 1620. The number of rotatable bonds is 5. The smallest absolute Gasteiger partial charge is 0.269 e. The van der Waals surface area contributed by atoms with Gasteiger partial charge >= 0.3 is 0 Å². The quantitative estimate of drug-likeness (QED) is 0.352. The topological polar surface area (TPSA) is 89.6 Å². The highest BCUT2D eigenvalue weighted by atomic mass is 79.9. The monoisotopic (exact) mass is 547 g/mol. The summed E-state index contributed by atoms with van der Waals surface area (Å²) in [5.41, 5.74) is 1.09. The summed E-state index contributed by atoms with van der Waals surface area (Å²) >= 11 is 4.69. The molecule has 0 unspecified atom stereocenters. The summed E-state index contributed by atoms with van der Waals surface area (Å²) in [4.78, 5) is 13.3. The van der Waals surface area contributed by atoms with E-state index in [1.54, 1.807) is 16.7 Å². The summed E-state index contributed by atoms with van der Waals surface area (Å²) in [6.45, 7) is 4.85. The van der Waals surface area contributed by atoms with Gasteiger partial charge in [0.1, 0.15) is 33.7 Å². The van der Waals surface area contributed by atoms with E-state index in [0.29, 0.717) is 32.1 Å². The Morgan fingerprint density at radius 3 is 2.80 bits per heavy atom. The van der Waals surface area contributed by atoms with Crippen molar-refractivity contribution in [2.45, 2.75) is 38.8 Å². The molecule has 0 saturated heterocycles. The van der Waals surface area contributed by atoms with E-state index in [9.17, 15) is 10.1 Å². The number of fused-ring (bicyclic) bond motifs is 1. The summed E-state index contributed by atoms with van der Waals surface area (Å²) in [6, 6.07) is 13.8. The minimum Gasteiger partial charge on any atom is -0.457 e. The van der Waals surface area contributed by atoms with Crippen molar-refractivity contribution in [2.24, 2.45) is 0 Å². The maximum absolute atomic E-state index is 13.3. The van der Waals surface area contributed by atoms with Gasteiger partial charge in [-0.15, -0.1) is 28.1 Å². The molecule has 0 aliphatic carbocycles. The van der Waals surface area contributed by atoms with E-state index < -0.39 is 0 Å². The lowest BCUT2D eigenvalue weighted by molar-refractivity contribution is 0.571. The second kappa shape index (κ2) is 10.0. The fourth-order valence-corrected chi connectivity index (χ4v) is 5.54. The van der Waals surface area contributed by atoms with Crippen LogP contribution in [0.3, 0.4) is 0 Å². The number of halogens is 1. The third-order valence-electron chi connectivity index (χ3n) is 5.91. The van der Waals surface area contributed by atoms with Crippen molar-refractivity contribution in [2.75, 3.05) is 0 Å². The van der Waals surface area contributed by atoms with Gasteiger partial charge in [0, 0.05) is 35.6 Å². The fourth-order valence-electron chi connectivity index (χ4n) is 4.19. The molecule has 0 N–H and O–H groups in total. The third kappa shape index (κ3) is 4.59. The Morgan fingerprint density at radius 2 is 2.03 bits per heavy atom. The number of hydrogen-bond donors (Lipinski definition) is 0. The lowest BCUT2D eigenvalue weighted by Gasteiger charge is -2.06. The maximum Gasteiger partial charge on any atom is 0.269 e. The van der Waals surface area contributed by atoms with E-state index in [-0.39, 0.29) is 12.1 Å². The molecule has 4 aromatic rings. The van der Waals surface area contributed by atoms with E-state index >= 15 is 0 Å². The van der Waals surface area contributed by atoms with Gasteiger partial charge < -0.3 is 8.98 Å². The van der Waals surface area contributed by atoms with E-state index in [4.69, 9.17) is 4.42 Å². The molecule has 0 radical (unpaired) electrons. The third-order valence-corrected chi connectivity index (χ3v) is 7.57. The molecule has 9 heteroatoms. The highest BCUT2D eigenvalue weighted by Crippen LogP contribution is 2.24. The fraction of sp³-hybridized carbons (Fsp3) is 0.231. The predicted octanol–water partition coefficient (Wildman–Crippen LogP) is 3.99. The molecule has 176 valence electrons. The Labute approximate surface area is 214 Å². The van der Waals surface area contributed by atoms with Crippen LogP contribution in [0.15, 0.2) is 62.7 Å². The van der Waals surface area contributed by atoms with E-state index in [1.165, 1.54) is 11.3 Å². The van der Waals surface area contributed by atoms with Crippen LogP contribution in [0.4, 0.5) is 0 Å². The zero-order chi connectivity index (χ0) is 24.4. The molecule has 1 aromatic carbocycles. The van der Waals surface area contributed by atoms with Crippen LogP contribution in [0.2, 0.25) is 0 Å². The van der Waals surface area contributed by atoms with Crippen molar-refractivity contribution in [3.63, 3.8) is 0 Å². The zero-order valence-corrected chi connectivity index (χ0v) is 21.3. The first-order valence-corrected chi connectivity index (χ1v) is 12.9. The molecule has 0 spiro atoms. The first-order valence-electron chi connectivity index (χ1n) is 11.3. The summed E-state index contributed by atoms with van der Waals surface area (Å²) in [6.07, 6.45) is 7.41. The van der Waals surface area contributed by atoms with E-state index in [1.807, 2.05) is 41.0 Å². The number of hydrogen-bond acceptors (Lipinski definition) is 6. The predicted molar refractivity (Wildman–Crippen MR) is 139 cm³/mol. The highest BCUT2D eigenvalue weighted by molar-refractivity contribution is 9.10. The van der Waals surface area contributed by atoms with Crippen molar-refractivity contribution in [1.82, 2.24) is 19.3 Å². The number of aromatic nitrogens is 4. The zero-order valence-electron chi connectivity index (χ0n) is 18.9. The number of nitrogens with zero attached hydrogens (tertiary/aromatic N) is 5. The van der Waals surface area contributed by atoms with Crippen LogP contribution in [0.1, 0.15) is 36.7 Å². The summed E-state index contributed by atoms with van der Waals surface area (Å²) in [5, 5.41) is 18.8. The molecule has 0 bridgehead atoms. The first-order chi connectivity index (χ1) is 17.1.